The number of thioether (sulfide) groups is 2. The molecule has 0 unspecified atom stereocenters. The molecule has 3 rings (SSSR count). The Labute approximate surface area is 160 Å². The van der Waals surface area contributed by atoms with Crippen molar-refractivity contribution in [1.82, 2.24) is 0 Å². The largest absolute Gasteiger partial charge is 0.465 e. The smallest absolute Gasteiger partial charge is 0.110 e. The van der Waals surface area contributed by atoms with Crippen molar-refractivity contribution in [2.75, 3.05) is 0 Å². The standard InChI is InChI=1S/C22H26OS2/c1-21(2,3)18-12-16(13-19(23-18)22(4,5)6)20-24-14-17(25-20)15-10-8-7-9-11-15/h7-14H,1-6H3. The van der Waals surface area contributed by atoms with Crippen LogP contribution in [-0.2, 0) is 4.74 Å². The predicted octanol–water partition coefficient (Wildman–Crippen LogP) is 7.57. The van der Waals surface area contributed by atoms with Crippen LogP contribution in [0, 0.1) is 10.8 Å². The molecular formula is C22H26OS2. The van der Waals surface area contributed by atoms with Crippen LogP contribution in [0.1, 0.15) is 47.1 Å². The van der Waals surface area contributed by atoms with Gasteiger partial charge in [0.15, 0.2) is 0 Å². The van der Waals surface area contributed by atoms with Gasteiger partial charge in [0, 0.05) is 21.3 Å². The van der Waals surface area contributed by atoms with E-state index in [0.717, 1.165) is 11.5 Å². The van der Waals surface area contributed by atoms with Crippen LogP contribution >= 0.6 is 23.5 Å². The summed E-state index contributed by atoms with van der Waals surface area (Å²) in [5, 5.41) is 2.26. The van der Waals surface area contributed by atoms with Gasteiger partial charge in [0.25, 0.3) is 0 Å². The van der Waals surface area contributed by atoms with Gasteiger partial charge in [-0.15, -0.1) is 0 Å². The molecule has 0 fully saturated rings. The summed E-state index contributed by atoms with van der Waals surface area (Å²) in [7, 11) is 0. The normalized spacial score (nSPS) is 18.6. The molecule has 0 aromatic heterocycles. The fourth-order valence-corrected chi connectivity index (χ4v) is 4.71. The van der Waals surface area contributed by atoms with Crippen molar-refractivity contribution in [3.05, 3.63) is 74.8 Å². The molecule has 2 aliphatic heterocycles. The highest BCUT2D eigenvalue weighted by molar-refractivity contribution is 8.31. The van der Waals surface area contributed by atoms with E-state index in [1.165, 1.54) is 20.3 Å². The predicted molar refractivity (Wildman–Crippen MR) is 113 cm³/mol. The van der Waals surface area contributed by atoms with Gasteiger partial charge >= 0.3 is 0 Å². The van der Waals surface area contributed by atoms with Crippen LogP contribution < -0.4 is 0 Å². The van der Waals surface area contributed by atoms with Crippen LogP contribution in [0.15, 0.2) is 69.2 Å². The molecule has 1 aromatic carbocycles. The Morgan fingerprint density at radius 3 is 1.88 bits per heavy atom. The Hall–Kier alpha value is -1.32. The zero-order chi connectivity index (χ0) is 18.2. The molecule has 0 amide bonds. The van der Waals surface area contributed by atoms with Crippen LogP contribution in [0.25, 0.3) is 4.91 Å². The van der Waals surface area contributed by atoms with Gasteiger partial charge in [-0.3, -0.25) is 0 Å². The quantitative estimate of drug-likeness (QED) is 0.504. The van der Waals surface area contributed by atoms with Gasteiger partial charge < -0.3 is 4.74 Å². The molecule has 1 aromatic rings. The van der Waals surface area contributed by atoms with E-state index >= 15 is 0 Å². The summed E-state index contributed by atoms with van der Waals surface area (Å²) in [5.41, 5.74) is 2.52. The van der Waals surface area contributed by atoms with Gasteiger partial charge in [0.05, 0.1) is 4.24 Å². The number of hydrogen-bond acceptors (Lipinski definition) is 3. The summed E-state index contributed by atoms with van der Waals surface area (Å²) in [4.78, 5) is 1.32. The minimum atomic E-state index is -0.0137. The monoisotopic (exact) mass is 370 g/mol. The average Bonchev–Trinajstić information content (AvgIpc) is 3.04. The van der Waals surface area contributed by atoms with E-state index in [-0.39, 0.29) is 10.8 Å². The molecule has 1 nitrogen and oxygen atoms in total. The van der Waals surface area contributed by atoms with Crippen molar-refractivity contribution in [3.63, 3.8) is 0 Å². The minimum Gasteiger partial charge on any atom is -0.465 e. The molecule has 132 valence electrons. The lowest BCUT2D eigenvalue weighted by Crippen LogP contribution is -2.21. The van der Waals surface area contributed by atoms with Crippen molar-refractivity contribution in [2.45, 2.75) is 41.5 Å². The second-order valence-corrected chi connectivity index (χ2v) is 10.6. The van der Waals surface area contributed by atoms with Crippen LogP contribution in [0.2, 0.25) is 0 Å². The van der Waals surface area contributed by atoms with Gasteiger partial charge in [0.1, 0.15) is 11.5 Å². The topological polar surface area (TPSA) is 9.23 Å². The molecule has 0 saturated carbocycles. The molecule has 0 atom stereocenters. The Bertz CT molecular complexity index is 750. The third kappa shape index (κ3) is 4.27. The van der Waals surface area contributed by atoms with Crippen LogP contribution in [0.5, 0.6) is 0 Å². The molecule has 0 bridgehead atoms. The van der Waals surface area contributed by atoms with Gasteiger partial charge in [-0.05, 0) is 23.1 Å². The van der Waals surface area contributed by atoms with E-state index < -0.39 is 0 Å². The fraction of sp³-hybridized carbons (Fsp3) is 0.364. The van der Waals surface area contributed by atoms with Crippen LogP contribution in [-0.4, -0.2) is 0 Å². The highest BCUT2D eigenvalue weighted by Crippen LogP contribution is 2.51. The first-order valence-corrected chi connectivity index (χ1v) is 10.3. The van der Waals surface area contributed by atoms with Crippen molar-refractivity contribution in [1.29, 1.82) is 0 Å². The highest BCUT2D eigenvalue weighted by atomic mass is 32.2. The van der Waals surface area contributed by atoms with E-state index in [4.69, 9.17) is 4.74 Å². The first-order chi connectivity index (χ1) is 11.6. The third-order valence-corrected chi connectivity index (χ3v) is 6.53. The Kier molecular flexibility index (Phi) is 5.00. The van der Waals surface area contributed by atoms with Gasteiger partial charge in [-0.1, -0.05) is 95.4 Å². The lowest BCUT2D eigenvalue weighted by molar-refractivity contribution is 0.161. The lowest BCUT2D eigenvalue weighted by atomic mass is 9.87. The zero-order valence-corrected chi connectivity index (χ0v) is 17.5. The second-order valence-electron chi connectivity index (χ2n) is 8.43. The number of allylic oxidation sites excluding steroid dienone is 5. The highest BCUT2D eigenvalue weighted by Gasteiger charge is 2.30. The molecule has 0 N–H and O–H groups in total. The summed E-state index contributed by atoms with van der Waals surface area (Å²) in [5.74, 6) is 2.08. The van der Waals surface area contributed by atoms with Crippen molar-refractivity contribution < 1.29 is 4.74 Å². The molecule has 3 heteroatoms. The number of rotatable bonds is 1. The summed E-state index contributed by atoms with van der Waals surface area (Å²) in [6.45, 7) is 13.2. The Morgan fingerprint density at radius 2 is 1.36 bits per heavy atom. The first-order valence-electron chi connectivity index (χ1n) is 8.61. The maximum absolute atomic E-state index is 6.27. The van der Waals surface area contributed by atoms with Crippen molar-refractivity contribution >= 4 is 28.4 Å². The first kappa shape index (κ1) is 18.5. The molecule has 0 radical (unpaired) electrons. The SMILES string of the molecule is CC(C)(C)C1=CC(=C2SC=C(c3ccccc3)S2)C=C(C(C)(C)C)O1. The van der Waals surface area contributed by atoms with Crippen LogP contribution in [0.4, 0.5) is 0 Å². The molecule has 0 aliphatic carbocycles. The average molecular weight is 371 g/mol. The minimum absolute atomic E-state index is 0.0137. The molecular weight excluding hydrogens is 344 g/mol. The van der Waals surface area contributed by atoms with Crippen molar-refractivity contribution in [3.8, 4) is 0 Å². The maximum Gasteiger partial charge on any atom is 0.110 e. The second kappa shape index (κ2) is 6.77. The van der Waals surface area contributed by atoms with E-state index in [0.29, 0.717) is 0 Å². The van der Waals surface area contributed by atoms with E-state index in [1.54, 1.807) is 0 Å². The zero-order valence-electron chi connectivity index (χ0n) is 15.8. The summed E-state index contributed by atoms with van der Waals surface area (Å²) in [6.07, 6.45) is 4.43. The summed E-state index contributed by atoms with van der Waals surface area (Å²) < 4.78 is 7.59. The maximum atomic E-state index is 6.27. The lowest BCUT2D eigenvalue weighted by Gasteiger charge is -2.33. The van der Waals surface area contributed by atoms with Crippen LogP contribution in [0.3, 0.4) is 0 Å². The number of hydrogen-bond donors (Lipinski definition) is 0. The molecule has 0 spiro atoms. The van der Waals surface area contributed by atoms with Gasteiger partial charge in [-0.25, -0.2) is 0 Å². The van der Waals surface area contributed by atoms with Gasteiger partial charge in [-0.2, -0.15) is 0 Å². The number of ether oxygens (including phenoxy) is 1. The fourth-order valence-electron chi connectivity index (χ4n) is 2.47. The van der Waals surface area contributed by atoms with E-state index in [9.17, 15) is 0 Å². The Morgan fingerprint density at radius 1 is 0.800 bits per heavy atom. The Balaban J connectivity index is 1.96. The number of benzene rings is 1. The molecule has 25 heavy (non-hydrogen) atoms. The van der Waals surface area contributed by atoms with E-state index in [1.807, 2.05) is 23.5 Å². The van der Waals surface area contributed by atoms with Crippen molar-refractivity contribution in [2.24, 2.45) is 10.8 Å². The molecule has 0 saturated heterocycles. The van der Waals surface area contributed by atoms with E-state index in [2.05, 4.69) is 89.4 Å². The summed E-state index contributed by atoms with van der Waals surface area (Å²) in [6, 6.07) is 10.6. The molecule has 2 aliphatic rings. The third-order valence-electron chi connectivity index (χ3n) is 4.04. The summed E-state index contributed by atoms with van der Waals surface area (Å²) >= 11 is 3.67. The van der Waals surface area contributed by atoms with Gasteiger partial charge in [0.2, 0.25) is 0 Å². The molecule has 2 heterocycles.